The van der Waals surface area contributed by atoms with Crippen molar-refractivity contribution in [2.45, 2.75) is 6.92 Å². The monoisotopic (exact) mass is 236 g/mol. The highest BCUT2D eigenvalue weighted by Crippen LogP contribution is 2.09. The fraction of sp³-hybridized carbons (Fsp3) is 0.0909. The lowest BCUT2D eigenvalue weighted by atomic mass is 10.2. The zero-order valence-electron chi connectivity index (χ0n) is 8.90. The lowest BCUT2D eigenvalue weighted by Gasteiger charge is -2.00. The van der Waals surface area contributed by atoms with Gasteiger partial charge in [0.1, 0.15) is 11.4 Å². The molecule has 0 bridgehead atoms. The van der Waals surface area contributed by atoms with Crippen LogP contribution in [-0.2, 0) is 0 Å². The van der Waals surface area contributed by atoms with Gasteiger partial charge in [0.2, 0.25) is 0 Å². The Morgan fingerprint density at radius 2 is 2.18 bits per heavy atom. The predicted molar refractivity (Wildman–Crippen MR) is 58.0 cm³/mol. The number of hydrogen-bond donors (Lipinski definition) is 2. The zero-order chi connectivity index (χ0) is 12.6. The van der Waals surface area contributed by atoms with Crippen LogP contribution in [0.2, 0.25) is 0 Å². The van der Waals surface area contributed by atoms with Gasteiger partial charge < -0.3 is 5.11 Å². The molecule has 0 radical (unpaired) electrons. The molecule has 2 rings (SSSR count). The minimum absolute atomic E-state index is 0.228. The summed E-state index contributed by atoms with van der Waals surface area (Å²) in [5.74, 6) is -1.81. The van der Waals surface area contributed by atoms with Crippen molar-refractivity contribution >= 4 is 5.97 Å². The summed E-state index contributed by atoms with van der Waals surface area (Å²) >= 11 is 0. The number of rotatable bonds is 2. The fourth-order valence-electron chi connectivity index (χ4n) is 1.60. The molecule has 88 valence electrons. The second kappa shape index (κ2) is 3.89. The number of H-pyrrole nitrogens is 1. The first-order chi connectivity index (χ1) is 8.00. The van der Waals surface area contributed by atoms with Crippen molar-refractivity contribution < 1.29 is 14.3 Å². The molecule has 1 aromatic carbocycles. The largest absolute Gasteiger partial charge is 0.477 e. The van der Waals surface area contributed by atoms with Crippen molar-refractivity contribution in [2.24, 2.45) is 0 Å². The number of aromatic nitrogens is 2. The molecule has 0 unspecified atom stereocenters. The second-order valence-electron chi connectivity index (χ2n) is 3.54. The number of halogens is 1. The Hall–Kier alpha value is -2.37. The molecule has 6 heteroatoms. The Kier molecular flexibility index (Phi) is 2.55. The first-order valence-corrected chi connectivity index (χ1v) is 4.81. The Labute approximate surface area is 95.1 Å². The van der Waals surface area contributed by atoms with E-state index in [0.717, 1.165) is 10.7 Å². The number of aromatic amines is 1. The van der Waals surface area contributed by atoms with Gasteiger partial charge in [0.15, 0.2) is 0 Å². The van der Waals surface area contributed by atoms with Crippen molar-refractivity contribution in [1.82, 2.24) is 9.78 Å². The molecule has 0 saturated heterocycles. The van der Waals surface area contributed by atoms with Gasteiger partial charge in [-0.15, -0.1) is 0 Å². The molecule has 1 aromatic heterocycles. The molecular formula is C11H9FN2O3. The van der Waals surface area contributed by atoms with Crippen molar-refractivity contribution in [3.05, 3.63) is 51.7 Å². The van der Waals surface area contributed by atoms with Crippen molar-refractivity contribution in [1.29, 1.82) is 0 Å². The summed E-state index contributed by atoms with van der Waals surface area (Å²) in [4.78, 5) is 22.6. The van der Waals surface area contributed by atoms with Crippen LogP contribution in [0, 0.1) is 12.7 Å². The molecule has 0 atom stereocenters. The Morgan fingerprint density at radius 1 is 1.47 bits per heavy atom. The molecule has 0 aliphatic rings. The van der Waals surface area contributed by atoms with Crippen LogP contribution in [0.15, 0.2) is 29.1 Å². The van der Waals surface area contributed by atoms with Gasteiger partial charge in [-0.3, -0.25) is 9.89 Å². The predicted octanol–water partition coefficient (Wildman–Crippen LogP) is 1.31. The number of benzene rings is 1. The van der Waals surface area contributed by atoms with Gasteiger partial charge >= 0.3 is 5.97 Å². The summed E-state index contributed by atoms with van der Waals surface area (Å²) in [6.07, 6.45) is 0. The van der Waals surface area contributed by atoms with E-state index in [2.05, 4.69) is 5.10 Å². The molecule has 0 fully saturated rings. The van der Waals surface area contributed by atoms with E-state index in [-0.39, 0.29) is 16.9 Å². The molecule has 0 aliphatic heterocycles. The molecule has 0 saturated carbocycles. The SMILES string of the molecule is Cc1[nH]n(-c2cccc(F)c2)c(=O)c1C(=O)O. The quantitative estimate of drug-likeness (QED) is 0.825. The minimum Gasteiger partial charge on any atom is -0.477 e. The van der Waals surface area contributed by atoms with Gasteiger partial charge in [0.25, 0.3) is 5.56 Å². The van der Waals surface area contributed by atoms with Gasteiger partial charge in [0.05, 0.1) is 5.69 Å². The van der Waals surface area contributed by atoms with Gasteiger partial charge in [0, 0.05) is 5.69 Å². The van der Waals surface area contributed by atoms with E-state index < -0.39 is 17.3 Å². The van der Waals surface area contributed by atoms with Gasteiger partial charge in [-0.1, -0.05) is 6.07 Å². The molecule has 0 amide bonds. The average Bonchev–Trinajstić information content (AvgIpc) is 2.54. The number of aromatic carboxylic acids is 1. The molecule has 5 nitrogen and oxygen atoms in total. The number of hydrogen-bond acceptors (Lipinski definition) is 2. The van der Waals surface area contributed by atoms with Gasteiger partial charge in [-0.2, -0.15) is 0 Å². The molecule has 0 spiro atoms. The van der Waals surface area contributed by atoms with E-state index in [1.54, 1.807) is 0 Å². The molecule has 17 heavy (non-hydrogen) atoms. The molecule has 0 aliphatic carbocycles. The van der Waals surface area contributed by atoms with Crippen LogP contribution in [0.1, 0.15) is 16.1 Å². The summed E-state index contributed by atoms with van der Waals surface area (Å²) in [7, 11) is 0. The second-order valence-corrected chi connectivity index (χ2v) is 3.54. The summed E-state index contributed by atoms with van der Waals surface area (Å²) in [5.41, 5.74) is -0.563. The third-order valence-electron chi connectivity index (χ3n) is 2.35. The lowest BCUT2D eigenvalue weighted by Crippen LogP contribution is -2.20. The Morgan fingerprint density at radius 3 is 2.71 bits per heavy atom. The molecule has 2 N–H and O–H groups in total. The van der Waals surface area contributed by atoms with E-state index in [4.69, 9.17) is 5.11 Å². The number of carboxylic acid groups (broad SMARTS) is 1. The van der Waals surface area contributed by atoms with E-state index >= 15 is 0 Å². The lowest BCUT2D eigenvalue weighted by molar-refractivity contribution is 0.0694. The maximum atomic E-state index is 13.0. The van der Waals surface area contributed by atoms with Crippen LogP contribution in [0.5, 0.6) is 0 Å². The molecule has 1 heterocycles. The maximum absolute atomic E-state index is 13.0. The Bertz CT molecular complexity index is 642. The van der Waals surface area contributed by atoms with E-state index in [1.807, 2.05) is 0 Å². The molecular weight excluding hydrogens is 227 g/mol. The third kappa shape index (κ3) is 1.84. The van der Waals surface area contributed by atoms with Crippen LogP contribution in [-0.4, -0.2) is 20.9 Å². The summed E-state index contributed by atoms with van der Waals surface area (Å²) in [6, 6.07) is 5.32. The summed E-state index contributed by atoms with van der Waals surface area (Å²) in [5, 5.41) is 11.4. The highest BCUT2D eigenvalue weighted by molar-refractivity contribution is 5.88. The van der Waals surface area contributed by atoms with Crippen LogP contribution in [0.25, 0.3) is 5.69 Å². The topological polar surface area (TPSA) is 75.1 Å². The number of nitrogens with one attached hydrogen (secondary N) is 1. The first kappa shape index (κ1) is 11.1. The van der Waals surface area contributed by atoms with Crippen LogP contribution < -0.4 is 5.56 Å². The first-order valence-electron chi connectivity index (χ1n) is 4.81. The summed E-state index contributed by atoms with van der Waals surface area (Å²) in [6.45, 7) is 1.47. The Balaban J connectivity index is 2.66. The van der Waals surface area contributed by atoms with Crippen molar-refractivity contribution in [3.8, 4) is 5.69 Å². The molecule has 2 aromatic rings. The van der Waals surface area contributed by atoms with Crippen molar-refractivity contribution in [3.63, 3.8) is 0 Å². The highest BCUT2D eigenvalue weighted by atomic mass is 19.1. The van der Waals surface area contributed by atoms with E-state index in [1.165, 1.54) is 25.1 Å². The third-order valence-corrected chi connectivity index (χ3v) is 2.35. The summed E-state index contributed by atoms with van der Waals surface area (Å²) < 4.78 is 14.0. The normalized spacial score (nSPS) is 10.5. The fourth-order valence-corrected chi connectivity index (χ4v) is 1.60. The smallest absolute Gasteiger partial charge is 0.343 e. The van der Waals surface area contributed by atoms with Crippen LogP contribution in [0.4, 0.5) is 4.39 Å². The van der Waals surface area contributed by atoms with Crippen molar-refractivity contribution in [2.75, 3.05) is 0 Å². The average molecular weight is 236 g/mol. The number of carbonyl (C=O) groups is 1. The highest BCUT2D eigenvalue weighted by Gasteiger charge is 2.18. The van der Waals surface area contributed by atoms with Gasteiger partial charge in [-0.05, 0) is 25.1 Å². The maximum Gasteiger partial charge on any atom is 0.343 e. The standard InChI is InChI=1S/C11H9FN2O3/c1-6-9(11(16)17)10(15)14(13-6)8-4-2-3-7(12)5-8/h2-5,13H,1H3,(H,16,17). The zero-order valence-corrected chi connectivity index (χ0v) is 8.90. The number of nitrogens with zero attached hydrogens (tertiary/aromatic N) is 1. The number of carboxylic acids is 1. The van der Waals surface area contributed by atoms with Gasteiger partial charge in [-0.25, -0.2) is 13.9 Å². The van der Waals surface area contributed by atoms with E-state index in [9.17, 15) is 14.0 Å². The van der Waals surface area contributed by atoms with Crippen LogP contribution in [0.3, 0.4) is 0 Å². The van der Waals surface area contributed by atoms with Crippen LogP contribution >= 0.6 is 0 Å². The number of aryl methyl sites for hydroxylation is 1. The minimum atomic E-state index is -1.31. The van der Waals surface area contributed by atoms with E-state index in [0.29, 0.717) is 0 Å².